The van der Waals surface area contributed by atoms with Crippen LogP contribution >= 0.6 is 11.8 Å². The van der Waals surface area contributed by atoms with E-state index in [1.54, 1.807) is 10.8 Å². The van der Waals surface area contributed by atoms with Gasteiger partial charge in [0.15, 0.2) is 0 Å². The summed E-state index contributed by atoms with van der Waals surface area (Å²) in [5.74, 6) is 1.61. The molecule has 0 unspecified atom stereocenters. The number of anilines is 1. The van der Waals surface area contributed by atoms with Crippen LogP contribution in [0, 0.1) is 6.92 Å². The van der Waals surface area contributed by atoms with E-state index in [0.29, 0.717) is 5.78 Å². The molecule has 5 nitrogen and oxygen atoms in total. The smallest absolute Gasteiger partial charge is 0.254 e. The molecule has 0 bridgehead atoms. The molecule has 4 rings (SSSR count). The average Bonchev–Trinajstić information content (AvgIpc) is 3.23. The highest BCUT2D eigenvalue weighted by atomic mass is 32.2. The van der Waals surface area contributed by atoms with Gasteiger partial charge in [-0.15, -0.1) is 11.8 Å². The molecule has 24 heavy (non-hydrogen) atoms. The molecule has 1 N–H and O–H groups in total. The minimum Gasteiger partial charge on any atom is -0.368 e. The normalized spacial score (nSPS) is 16.5. The van der Waals surface area contributed by atoms with Crippen molar-refractivity contribution in [2.75, 3.05) is 11.9 Å². The van der Waals surface area contributed by atoms with Crippen LogP contribution in [0.2, 0.25) is 0 Å². The van der Waals surface area contributed by atoms with E-state index in [4.69, 9.17) is 0 Å². The molecule has 0 saturated heterocycles. The fourth-order valence-electron chi connectivity index (χ4n) is 3.38. The second kappa shape index (κ2) is 6.43. The first kappa shape index (κ1) is 15.4. The number of aryl methyl sites for hydroxylation is 1. The van der Waals surface area contributed by atoms with Gasteiger partial charge in [0.05, 0.1) is 0 Å². The first-order valence-corrected chi connectivity index (χ1v) is 9.21. The Morgan fingerprint density at radius 3 is 2.79 bits per heavy atom. The van der Waals surface area contributed by atoms with Crippen LogP contribution < -0.4 is 5.32 Å². The molecule has 0 aliphatic heterocycles. The van der Waals surface area contributed by atoms with Gasteiger partial charge in [-0.3, -0.25) is 0 Å². The van der Waals surface area contributed by atoms with Crippen LogP contribution in [0.5, 0.6) is 0 Å². The van der Waals surface area contributed by atoms with Crippen LogP contribution in [0.1, 0.15) is 31.4 Å². The lowest BCUT2D eigenvalue weighted by Gasteiger charge is -2.29. The van der Waals surface area contributed by atoms with Gasteiger partial charge < -0.3 is 5.32 Å². The Labute approximate surface area is 145 Å². The third-order valence-corrected chi connectivity index (χ3v) is 6.06. The number of fused-ring (bicyclic) bond motifs is 1. The molecule has 1 aliphatic carbocycles. The number of thioether (sulfide) groups is 1. The highest BCUT2D eigenvalue weighted by Gasteiger charge is 2.35. The van der Waals surface area contributed by atoms with Gasteiger partial charge in [-0.05, 0) is 31.9 Å². The van der Waals surface area contributed by atoms with Gasteiger partial charge >= 0.3 is 0 Å². The maximum Gasteiger partial charge on any atom is 0.254 e. The highest BCUT2D eigenvalue weighted by Crippen LogP contribution is 2.45. The summed E-state index contributed by atoms with van der Waals surface area (Å²) in [4.78, 5) is 9.95. The molecule has 0 radical (unpaired) electrons. The molecule has 0 amide bonds. The van der Waals surface area contributed by atoms with Crippen molar-refractivity contribution in [3.8, 4) is 0 Å². The molecule has 6 heteroatoms. The lowest BCUT2D eigenvalue weighted by Crippen LogP contribution is -2.31. The minimum absolute atomic E-state index is 0.242. The first-order valence-electron chi connectivity index (χ1n) is 8.39. The van der Waals surface area contributed by atoms with Gasteiger partial charge in [0.2, 0.25) is 0 Å². The number of benzene rings is 1. The van der Waals surface area contributed by atoms with Gasteiger partial charge in [0, 0.05) is 27.9 Å². The summed E-state index contributed by atoms with van der Waals surface area (Å²) in [6.45, 7) is 2.91. The number of hydrogen-bond acceptors (Lipinski definition) is 5. The van der Waals surface area contributed by atoms with E-state index in [1.165, 1.54) is 30.6 Å². The molecule has 1 saturated carbocycles. The van der Waals surface area contributed by atoms with Gasteiger partial charge in [-0.25, -0.2) is 4.98 Å². The van der Waals surface area contributed by atoms with Crippen molar-refractivity contribution in [3.63, 3.8) is 0 Å². The Morgan fingerprint density at radius 1 is 1.21 bits per heavy atom. The predicted octanol–water partition coefficient (Wildman–Crippen LogP) is 3.95. The third-order valence-electron chi connectivity index (χ3n) is 4.56. The van der Waals surface area contributed by atoms with E-state index in [1.807, 2.05) is 24.8 Å². The summed E-state index contributed by atoms with van der Waals surface area (Å²) < 4.78 is 2.02. The lowest BCUT2D eigenvalue weighted by atomic mass is 10.1. The molecular weight excluding hydrogens is 318 g/mol. The third kappa shape index (κ3) is 3.11. The zero-order chi connectivity index (χ0) is 16.4. The molecule has 2 heterocycles. The van der Waals surface area contributed by atoms with Crippen molar-refractivity contribution in [1.29, 1.82) is 0 Å². The molecule has 0 spiro atoms. The molecule has 1 fully saturated rings. The topological polar surface area (TPSA) is 55.1 Å². The first-order chi connectivity index (χ1) is 11.7. The zero-order valence-electron chi connectivity index (χ0n) is 13.8. The summed E-state index contributed by atoms with van der Waals surface area (Å²) in [5, 5.41) is 7.90. The average molecular weight is 339 g/mol. The van der Waals surface area contributed by atoms with Crippen molar-refractivity contribution in [2.24, 2.45) is 0 Å². The summed E-state index contributed by atoms with van der Waals surface area (Å²) in [6, 6.07) is 12.8. The summed E-state index contributed by atoms with van der Waals surface area (Å²) in [6.07, 6.45) is 6.64. The molecule has 2 aromatic heterocycles. The van der Waals surface area contributed by atoms with Crippen molar-refractivity contribution in [1.82, 2.24) is 19.6 Å². The van der Waals surface area contributed by atoms with E-state index in [-0.39, 0.29) is 4.75 Å². The van der Waals surface area contributed by atoms with Crippen LogP contribution in [0.4, 0.5) is 5.82 Å². The fraction of sp³-hybridized carbons (Fsp3) is 0.389. The van der Waals surface area contributed by atoms with Crippen molar-refractivity contribution in [2.45, 2.75) is 42.2 Å². The monoisotopic (exact) mass is 339 g/mol. The van der Waals surface area contributed by atoms with Gasteiger partial charge in [0.25, 0.3) is 5.78 Å². The van der Waals surface area contributed by atoms with Crippen molar-refractivity contribution < 1.29 is 0 Å². The number of nitrogens with one attached hydrogen (secondary N) is 1. The molecular formula is C18H21N5S. The van der Waals surface area contributed by atoms with Crippen LogP contribution in [0.25, 0.3) is 5.78 Å². The molecule has 1 aliphatic rings. The van der Waals surface area contributed by atoms with E-state index in [9.17, 15) is 0 Å². The molecule has 0 atom stereocenters. The number of hydrogen-bond donors (Lipinski definition) is 1. The Bertz CT molecular complexity index is 824. The largest absolute Gasteiger partial charge is 0.368 e. The maximum atomic E-state index is 4.41. The van der Waals surface area contributed by atoms with Gasteiger partial charge in [-0.2, -0.15) is 14.6 Å². The Hall–Kier alpha value is -2.08. The molecule has 1 aromatic carbocycles. The second-order valence-electron chi connectivity index (χ2n) is 6.41. The summed E-state index contributed by atoms with van der Waals surface area (Å²) in [7, 11) is 0. The zero-order valence-corrected chi connectivity index (χ0v) is 14.6. The van der Waals surface area contributed by atoms with E-state index in [0.717, 1.165) is 18.1 Å². The van der Waals surface area contributed by atoms with E-state index in [2.05, 4.69) is 50.7 Å². The Morgan fingerprint density at radius 2 is 2.00 bits per heavy atom. The van der Waals surface area contributed by atoms with Crippen molar-refractivity contribution >= 4 is 23.4 Å². The second-order valence-corrected chi connectivity index (χ2v) is 7.95. The van der Waals surface area contributed by atoms with Crippen molar-refractivity contribution in [3.05, 3.63) is 48.4 Å². The SMILES string of the molecule is Cc1cc(NCC2(Sc3ccccc3)CCCC2)n2ncnc2n1. The predicted molar refractivity (Wildman–Crippen MR) is 97.5 cm³/mol. The number of nitrogens with zero attached hydrogens (tertiary/aromatic N) is 4. The number of rotatable bonds is 5. The van der Waals surface area contributed by atoms with Gasteiger partial charge in [0.1, 0.15) is 12.1 Å². The van der Waals surface area contributed by atoms with E-state index >= 15 is 0 Å². The lowest BCUT2D eigenvalue weighted by molar-refractivity contribution is 0.635. The Kier molecular flexibility index (Phi) is 4.14. The van der Waals surface area contributed by atoms with Crippen LogP contribution in [0.3, 0.4) is 0 Å². The quantitative estimate of drug-likeness (QED) is 0.763. The Balaban J connectivity index is 1.56. The summed E-state index contributed by atoms with van der Waals surface area (Å²) in [5.41, 5.74) is 0.953. The standard InChI is InChI=1S/C18H21N5S/c1-14-11-16(23-17(22-14)20-13-21-23)19-12-18(9-5-6-10-18)24-15-7-3-2-4-8-15/h2-4,7-8,11,13,19H,5-6,9-10,12H2,1H3. The molecule has 124 valence electrons. The van der Waals surface area contributed by atoms with E-state index < -0.39 is 0 Å². The van der Waals surface area contributed by atoms with Crippen LogP contribution in [0.15, 0.2) is 47.6 Å². The fourth-order valence-corrected chi connectivity index (χ4v) is 4.81. The molecule has 3 aromatic rings. The summed E-state index contributed by atoms with van der Waals surface area (Å²) >= 11 is 2.01. The van der Waals surface area contributed by atoms with Crippen LogP contribution in [-0.4, -0.2) is 30.9 Å². The highest BCUT2D eigenvalue weighted by molar-refractivity contribution is 8.00. The number of aromatic nitrogens is 4. The maximum absolute atomic E-state index is 4.41. The van der Waals surface area contributed by atoms with Crippen LogP contribution in [-0.2, 0) is 0 Å². The van der Waals surface area contributed by atoms with Gasteiger partial charge in [-0.1, -0.05) is 31.0 Å². The minimum atomic E-state index is 0.242.